The molecular formula is C11H13ClFNO2. The third kappa shape index (κ3) is 3.10. The van der Waals surface area contributed by atoms with Crippen LogP contribution in [0.3, 0.4) is 0 Å². The van der Waals surface area contributed by atoms with E-state index < -0.39 is 11.7 Å². The summed E-state index contributed by atoms with van der Waals surface area (Å²) in [6.45, 7) is 0.416. The van der Waals surface area contributed by atoms with E-state index in [9.17, 15) is 9.18 Å². The highest BCUT2D eigenvalue weighted by Crippen LogP contribution is 2.20. The van der Waals surface area contributed by atoms with E-state index in [-0.39, 0.29) is 11.3 Å². The van der Waals surface area contributed by atoms with Crippen LogP contribution in [0.4, 0.5) is 4.39 Å². The fourth-order valence-corrected chi connectivity index (χ4v) is 1.39. The van der Waals surface area contributed by atoms with Crippen LogP contribution in [0, 0.1) is 5.82 Å². The molecule has 1 aromatic rings. The molecule has 88 valence electrons. The van der Waals surface area contributed by atoms with Gasteiger partial charge >= 0.3 is 0 Å². The first-order valence-corrected chi connectivity index (χ1v) is 5.40. The van der Waals surface area contributed by atoms with E-state index in [1.165, 1.54) is 19.2 Å². The average molecular weight is 246 g/mol. The summed E-state index contributed by atoms with van der Waals surface area (Å²) in [5.41, 5.74) is -0.0698. The van der Waals surface area contributed by atoms with Gasteiger partial charge in [0.15, 0.2) is 0 Å². The van der Waals surface area contributed by atoms with Crippen LogP contribution in [-0.2, 0) is 0 Å². The van der Waals surface area contributed by atoms with Crippen LogP contribution in [0.15, 0.2) is 18.2 Å². The van der Waals surface area contributed by atoms with Crippen molar-refractivity contribution in [1.29, 1.82) is 0 Å². The third-order valence-corrected chi connectivity index (χ3v) is 2.29. The molecule has 1 rings (SSSR count). The maximum absolute atomic E-state index is 13.4. The average Bonchev–Trinajstić information content (AvgIpc) is 2.28. The zero-order valence-electron chi connectivity index (χ0n) is 8.93. The van der Waals surface area contributed by atoms with Crippen molar-refractivity contribution in [3.8, 4) is 5.75 Å². The zero-order valence-corrected chi connectivity index (χ0v) is 9.68. The predicted molar refractivity (Wildman–Crippen MR) is 60.6 cm³/mol. The smallest absolute Gasteiger partial charge is 0.258 e. The Kier molecular flexibility index (Phi) is 5.05. The molecule has 1 aromatic carbocycles. The number of rotatable bonds is 5. The molecule has 0 bridgehead atoms. The molecule has 0 unspecified atom stereocenters. The topological polar surface area (TPSA) is 38.3 Å². The number of carbonyl (C=O) groups is 1. The fourth-order valence-electron chi connectivity index (χ4n) is 1.25. The Morgan fingerprint density at radius 2 is 2.31 bits per heavy atom. The van der Waals surface area contributed by atoms with Gasteiger partial charge in [-0.1, -0.05) is 6.07 Å². The van der Waals surface area contributed by atoms with Gasteiger partial charge in [0.2, 0.25) is 0 Å². The van der Waals surface area contributed by atoms with Crippen molar-refractivity contribution in [3.63, 3.8) is 0 Å². The van der Waals surface area contributed by atoms with E-state index >= 15 is 0 Å². The summed E-state index contributed by atoms with van der Waals surface area (Å²) in [6.07, 6.45) is 0.643. The second-order valence-corrected chi connectivity index (χ2v) is 3.49. The minimum Gasteiger partial charge on any atom is -0.496 e. The summed E-state index contributed by atoms with van der Waals surface area (Å²) in [5, 5.41) is 2.57. The van der Waals surface area contributed by atoms with Gasteiger partial charge in [-0.3, -0.25) is 4.79 Å². The van der Waals surface area contributed by atoms with Gasteiger partial charge in [-0.2, -0.15) is 0 Å². The highest BCUT2D eigenvalue weighted by molar-refractivity contribution is 6.17. The first-order valence-electron chi connectivity index (χ1n) is 4.87. The van der Waals surface area contributed by atoms with Crippen molar-refractivity contribution in [2.75, 3.05) is 19.5 Å². The van der Waals surface area contributed by atoms with Gasteiger partial charge < -0.3 is 10.1 Å². The van der Waals surface area contributed by atoms with Crippen molar-refractivity contribution in [3.05, 3.63) is 29.6 Å². The SMILES string of the molecule is COc1cccc(F)c1C(=O)NCCCCl. The van der Waals surface area contributed by atoms with E-state index in [1.807, 2.05) is 0 Å². The summed E-state index contributed by atoms with van der Waals surface area (Å²) in [6, 6.07) is 4.25. The number of nitrogens with one attached hydrogen (secondary N) is 1. The standard InChI is InChI=1S/C11H13ClFNO2/c1-16-9-5-2-4-8(13)10(9)11(15)14-7-3-6-12/h2,4-5H,3,6-7H2,1H3,(H,14,15). The van der Waals surface area contributed by atoms with Gasteiger partial charge in [0.25, 0.3) is 5.91 Å². The summed E-state index contributed by atoms with van der Waals surface area (Å²) >= 11 is 5.47. The Hall–Kier alpha value is -1.29. The Morgan fingerprint density at radius 3 is 2.94 bits per heavy atom. The van der Waals surface area contributed by atoms with Crippen LogP contribution in [0.25, 0.3) is 0 Å². The molecule has 3 nitrogen and oxygen atoms in total. The first-order chi connectivity index (χ1) is 7.70. The molecule has 16 heavy (non-hydrogen) atoms. The molecule has 0 heterocycles. The quantitative estimate of drug-likeness (QED) is 0.638. The van der Waals surface area contributed by atoms with Crippen molar-refractivity contribution in [1.82, 2.24) is 5.32 Å². The van der Waals surface area contributed by atoms with Crippen molar-refractivity contribution in [2.24, 2.45) is 0 Å². The van der Waals surface area contributed by atoms with Crippen molar-refractivity contribution >= 4 is 17.5 Å². The number of hydrogen-bond donors (Lipinski definition) is 1. The number of halogens is 2. The predicted octanol–water partition coefficient (Wildman–Crippen LogP) is 2.19. The van der Waals surface area contributed by atoms with Gasteiger partial charge in [-0.15, -0.1) is 11.6 Å². The van der Waals surface area contributed by atoms with E-state index in [0.29, 0.717) is 18.8 Å². The number of alkyl halides is 1. The number of amides is 1. The van der Waals surface area contributed by atoms with E-state index in [0.717, 1.165) is 0 Å². The Morgan fingerprint density at radius 1 is 1.56 bits per heavy atom. The lowest BCUT2D eigenvalue weighted by atomic mass is 10.1. The van der Waals surface area contributed by atoms with Crippen LogP contribution in [0.1, 0.15) is 16.8 Å². The minimum atomic E-state index is -0.595. The lowest BCUT2D eigenvalue weighted by molar-refractivity contribution is 0.0946. The summed E-state index contributed by atoms with van der Waals surface area (Å²) in [5.74, 6) is -0.402. The molecule has 0 spiro atoms. The number of benzene rings is 1. The maximum Gasteiger partial charge on any atom is 0.258 e. The third-order valence-electron chi connectivity index (χ3n) is 2.02. The lowest BCUT2D eigenvalue weighted by Gasteiger charge is -2.09. The second-order valence-electron chi connectivity index (χ2n) is 3.12. The van der Waals surface area contributed by atoms with Gasteiger partial charge in [0.1, 0.15) is 17.1 Å². The number of methoxy groups -OCH3 is 1. The molecule has 1 amide bonds. The monoisotopic (exact) mass is 245 g/mol. The van der Waals surface area contributed by atoms with Gasteiger partial charge in [-0.05, 0) is 18.6 Å². The van der Waals surface area contributed by atoms with Crippen LogP contribution < -0.4 is 10.1 Å². The fraction of sp³-hybridized carbons (Fsp3) is 0.364. The van der Waals surface area contributed by atoms with E-state index in [1.54, 1.807) is 6.07 Å². The highest BCUT2D eigenvalue weighted by Gasteiger charge is 2.16. The Bertz CT molecular complexity index is 371. The van der Waals surface area contributed by atoms with Crippen LogP contribution >= 0.6 is 11.6 Å². The molecule has 0 aliphatic heterocycles. The number of carbonyl (C=O) groups excluding carboxylic acids is 1. The van der Waals surface area contributed by atoms with Crippen molar-refractivity contribution in [2.45, 2.75) is 6.42 Å². The molecule has 0 aromatic heterocycles. The molecule has 0 atom stereocenters. The molecule has 0 aliphatic rings. The summed E-state index contributed by atoms with van der Waals surface area (Å²) in [4.78, 5) is 11.6. The summed E-state index contributed by atoms with van der Waals surface area (Å²) in [7, 11) is 1.39. The molecule has 1 N–H and O–H groups in total. The minimum absolute atomic E-state index is 0.0698. The van der Waals surface area contributed by atoms with E-state index in [4.69, 9.17) is 16.3 Å². The number of hydrogen-bond acceptors (Lipinski definition) is 2. The zero-order chi connectivity index (χ0) is 12.0. The maximum atomic E-state index is 13.4. The first kappa shape index (κ1) is 12.8. The molecular weight excluding hydrogens is 233 g/mol. The van der Waals surface area contributed by atoms with Crippen LogP contribution in [0.5, 0.6) is 5.75 Å². The molecule has 0 saturated heterocycles. The molecule has 0 aliphatic carbocycles. The van der Waals surface area contributed by atoms with Gasteiger partial charge in [0.05, 0.1) is 7.11 Å². The largest absolute Gasteiger partial charge is 0.496 e. The molecule has 5 heteroatoms. The Labute approximate surface area is 98.5 Å². The van der Waals surface area contributed by atoms with Crippen molar-refractivity contribution < 1.29 is 13.9 Å². The van der Waals surface area contributed by atoms with Crippen LogP contribution in [-0.4, -0.2) is 25.4 Å². The molecule has 0 saturated carbocycles. The highest BCUT2D eigenvalue weighted by atomic mass is 35.5. The lowest BCUT2D eigenvalue weighted by Crippen LogP contribution is -2.26. The Balaban J connectivity index is 2.81. The normalized spacial score (nSPS) is 9.94. The van der Waals surface area contributed by atoms with E-state index in [2.05, 4.69) is 5.32 Å². The number of ether oxygens (including phenoxy) is 1. The molecule has 0 fully saturated rings. The van der Waals surface area contributed by atoms with Crippen LogP contribution in [0.2, 0.25) is 0 Å². The van der Waals surface area contributed by atoms with Gasteiger partial charge in [0, 0.05) is 12.4 Å². The molecule has 0 radical (unpaired) electrons. The van der Waals surface area contributed by atoms with Gasteiger partial charge in [-0.25, -0.2) is 4.39 Å². The second kappa shape index (κ2) is 6.33. The summed E-state index contributed by atoms with van der Waals surface area (Å²) < 4.78 is 18.4.